The number of hydrogen-bond donors (Lipinski definition) is 0. The second kappa shape index (κ2) is 11.1. The molecule has 0 amide bonds. The molecular formula is C25H47N. The standard InChI is InChI=1S/C25H47N/c1-3-5-7-21-9-11-23(12-10-21)24-13-15-25(16-14-24)26-19-17-22(18-20-26)8-6-4-2/h21-25H,3-20H2,1-2H3. The Balaban J connectivity index is 1.32. The monoisotopic (exact) mass is 361 g/mol. The molecule has 1 heterocycles. The molecule has 0 aromatic carbocycles. The quantitative estimate of drug-likeness (QED) is 0.434. The topological polar surface area (TPSA) is 3.24 Å². The summed E-state index contributed by atoms with van der Waals surface area (Å²) < 4.78 is 0. The number of nitrogens with zero attached hydrogens (tertiary/aromatic N) is 1. The van der Waals surface area contributed by atoms with Crippen molar-refractivity contribution >= 4 is 0 Å². The van der Waals surface area contributed by atoms with Crippen LogP contribution in [-0.2, 0) is 0 Å². The molecule has 0 spiro atoms. The van der Waals surface area contributed by atoms with Crippen molar-refractivity contribution in [3.63, 3.8) is 0 Å². The van der Waals surface area contributed by atoms with Gasteiger partial charge in [-0.1, -0.05) is 65.2 Å². The van der Waals surface area contributed by atoms with Gasteiger partial charge in [0.25, 0.3) is 0 Å². The molecule has 0 radical (unpaired) electrons. The van der Waals surface area contributed by atoms with Crippen molar-refractivity contribution < 1.29 is 0 Å². The van der Waals surface area contributed by atoms with Gasteiger partial charge in [-0.25, -0.2) is 0 Å². The molecule has 3 aliphatic rings. The third-order valence-corrected chi connectivity index (χ3v) is 8.40. The minimum absolute atomic E-state index is 0.944. The molecule has 0 N–H and O–H groups in total. The predicted octanol–water partition coefficient (Wildman–Crippen LogP) is 7.44. The molecule has 2 aliphatic carbocycles. The average Bonchev–Trinajstić information content (AvgIpc) is 2.72. The number of hydrogen-bond acceptors (Lipinski definition) is 1. The number of unbranched alkanes of at least 4 members (excludes halogenated alkanes) is 2. The smallest absolute Gasteiger partial charge is 0.00954 e. The minimum Gasteiger partial charge on any atom is -0.300 e. The maximum atomic E-state index is 2.89. The summed E-state index contributed by atoms with van der Waals surface area (Å²) >= 11 is 0. The minimum atomic E-state index is 0.944. The van der Waals surface area contributed by atoms with Crippen LogP contribution >= 0.6 is 0 Å². The predicted molar refractivity (Wildman–Crippen MR) is 115 cm³/mol. The van der Waals surface area contributed by atoms with Gasteiger partial charge in [-0.05, 0) is 88.1 Å². The lowest BCUT2D eigenvalue weighted by molar-refractivity contribution is 0.0718. The summed E-state index contributed by atoms with van der Waals surface area (Å²) in [7, 11) is 0. The second-order valence-corrected chi connectivity index (χ2v) is 10.1. The van der Waals surface area contributed by atoms with Crippen molar-refractivity contribution in [2.24, 2.45) is 23.7 Å². The lowest BCUT2D eigenvalue weighted by Gasteiger charge is -2.43. The Morgan fingerprint density at radius 1 is 0.577 bits per heavy atom. The van der Waals surface area contributed by atoms with Crippen LogP contribution in [-0.4, -0.2) is 24.0 Å². The van der Waals surface area contributed by atoms with E-state index in [1.807, 2.05) is 0 Å². The molecule has 0 atom stereocenters. The zero-order valence-corrected chi connectivity index (χ0v) is 18.1. The first-order valence-electron chi connectivity index (χ1n) is 12.5. The fourth-order valence-electron chi connectivity index (χ4n) is 6.48. The highest BCUT2D eigenvalue weighted by molar-refractivity contribution is 4.86. The lowest BCUT2D eigenvalue weighted by Crippen LogP contribution is -2.43. The van der Waals surface area contributed by atoms with Crippen LogP contribution in [0.5, 0.6) is 0 Å². The van der Waals surface area contributed by atoms with Crippen LogP contribution in [0.1, 0.15) is 117 Å². The van der Waals surface area contributed by atoms with Crippen LogP contribution < -0.4 is 0 Å². The average molecular weight is 362 g/mol. The summed E-state index contributed by atoms with van der Waals surface area (Å²) in [6.07, 6.45) is 24.0. The maximum Gasteiger partial charge on any atom is 0.00954 e. The van der Waals surface area contributed by atoms with Gasteiger partial charge in [0, 0.05) is 6.04 Å². The molecule has 0 aromatic rings. The van der Waals surface area contributed by atoms with Crippen molar-refractivity contribution in [1.29, 1.82) is 0 Å². The molecule has 2 saturated carbocycles. The summed E-state index contributed by atoms with van der Waals surface area (Å²) in [4.78, 5) is 2.89. The van der Waals surface area contributed by atoms with E-state index >= 15 is 0 Å². The lowest BCUT2D eigenvalue weighted by atomic mass is 9.69. The molecule has 1 aliphatic heterocycles. The van der Waals surface area contributed by atoms with Crippen LogP contribution in [0.2, 0.25) is 0 Å². The first kappa shape index (κ1) is 20.7. The van der Waals surface area contributed by atoms with Gasteiger partial charge >= 0.3 is 0 Å². The van der Waals surface area contributed by atoms with Gasteiger partial charge in [-0.15, -0.1) is 0 Å². The van der Waals surface area contributed by atoms with Crippen molar-refractivity contribution in [3.8, 4) is 0 Å². The van der Waals surface area contributed by atoms with E-state index in [-0.39, 0.29) is 0 Å². The van der Waals surface area contributed by atoms with Gasteiger partial charge < -0.3 is 4.90 Å². The van der Waals surface area contributed by atoms with E-state index in [0.717, 1.165) is 29.7 Å². The van der Waals surface area contributed by atoms with Crippen LogP contribution in [0, 0.1) is 23.7 Å². The highest BCUT2D eigenvalue weighted by Gasteiger charge is 2.33. The normalized spacial score (nSPS) is 34.8. The van der Waals surface area contributed by atoms with Gasteiger partial charge in [0.1, 0.15) is 0 Å². The van der Waals surface area contributed by atoms with Gasteiger partial charge in [0.05, 0.1) is 0 Å². The van der Waals surface area contributed by atoms with Gasteiger partial charge in [0.15, 0.2) is 0 Å². The summed E-state index contributed by atoms with van der Waals surface area (Å²) in [6.45, 7) is 7.50. The summed E-state index contributed by atoms with van der Waals surface area (Å²) in [5, 5.41) is 0. The second-order valence-electron chi connectivity index (χ2n) is 10.1. The molecule has 1 nitrogen and oxygen atoms in total. The maximum absolute atomic E-state index is 2.89. The Hall–Kier alpha value is -0.0400. The van der Waals surface area contributed by atoms with Crippen LogP contribution in [0.15, 0.2) is 0 Å². The molecule has 1 heteroatoms. The van der Waals surface area contributed by atoms with Crippen molar-refractivity contribution in [3.05, 3.63) is 0 Å². The highest BCUT2D eigenvalue weighted by atomic mass is 15.2. The Morgan fingerprint density at radius 3 is 1.54 bits per heavy atom. The Labute approximate surface area is 164 Å². The SMILES string of the molecule is CCCCC1CCC(C2CCC(N3CCC(CCCC)CC3)CC2)CC1. The molecular weight excluding hydrogens is 314 g/mol. The first-order valence-corrected chi connectivity index (χ1v) is 12.5. The molecule has 3 fully saturated rings. The summed E-state index contributed by atoms with van der Waals surface area (Å²) in [6, 6.07) is 0.944. The zero-order valence-electron chi connectivity index (χ0n) is 18.1. The van der Waals surface area contributed by atoms with Crippen molar-refractivity contribution in [2.45, 2.75) is 123 Å². The van der Waals surface area contributed by atoms with Gasteiger partial charge in [-0.3, -0.25) is 0 Å². The number of likely N-dealkylation sites (tertiary alicyclic amines) is 1. The van der Waals surface area contributed by atoms with Crippen LogP contribution in [0.3, 0.4) is 0 Å². The first-order chi connectivity index (χ1) is 12.8. The fraction of sp³-hybridized carbons (Fsp3) is 1.00. The third-order valence-electron chi connectivity index (χ3n) is 8.40. The van der Waals surface area contributed by atoms with E-state index in [4.69, 9.17) is 0 Å². The Bertz CT molecular complexity index is 318. The van der Waals surface area contributed by atoms with Crippen LogP contribution in [0.4, 0.5) is 0 Å². The van der Waals surface area contributed by atoms with E-state index < -0.39 is 0 Å². The van der Waals surface area contributed by atoms with Gasteiger partial charge in [-0.2, -0.15) is 0 Å². The van der Waals surface area contributed by atoms with E-state index in [1.54, 1.807) is 38.5 Å². The molecule has 3 rings (SSSR count). The number of piperidine rings is 1. The van der Waals surface area contributed by atoms with Crippen molar-refractivity contribution in [2.75, 3.05) is 13.1 Å². The Kier molecular flexibility index (Phi) is 8.82. The molecule has 0 unspecified atom stereocenters. The highest BCUT2D eigenvalue weighted by Crippen LogP contribution is 2.42. The zero-order chi connectivity index (χ0) is 18.2. The largest absolute Gasteiger partial charge is 0.300 e. The summed E-state index contributed by atoms with van der Waals surface area (Å²) in [5.41, 5.74) is 0. The Morgan fingerprint density at radius 2 is 1.04 bits per heavy atom. The molecule has 1 saturated heterocycles. The number of rotatable bonds is 8. The molecule has 0 aromatic heterocycles. The van der Waals surface area contributed by atoms with Crippen molar-refractivity contribution in [1.82, 2.24) is 4.90 Å². The third kappa shape index (κ3) is 5.98. The van der Waals surface area contributed by atoms with E-state index in [0.29, 0.717) is 0 Å². The fourth-order valence-corrected chi connectivity index (χ4v) is 6.48. The molecule has 26 heavy (non-hydrogen) atoms. The molecule has 0 bridgehead atoms. The molecule has 152 valence electrons. The van der Waals surface area contributed by atoms with Gasteiger partial charge in [0.2, 0.25) is 0 Å². The van der Waals surface area contributed by atoms with E-state index in [1.165, 1.54) is 77.3 Å². The van der Waals surface area contributed by atoms with Crippen LogP contribution in [0.25, 0.3) is 0 Å². The van der Waals surface area contributed by atoms with E-state index in [2.05, 4.69) is 18.7 Å². The van der Waals surface area contributed by atoms with E-state index in [9.17, 15) is 0 Å². The summed E-state index contributed by atoms with van der Waals surface area (Å²) in [5.74, 6) is 4.30.